The summed E-state index contributed by atoms with van der Waals surface area (Å²) in [4.78, 5) is 25.2. The third kappa shape index (κ3) is 7.58. The number of anilines is 1. The van der Waals surface area contributed by atoms with Crippen LogP contribution in [0.1, 0.15) is 63.1 Å². The number of nitrogens with one attached hydrogen (secondary N) is 2. The van der Waals surface area contributed by atoms with Crippen molar-refractivity contribution in [1.82, 2.24) is 5.32 Å². The Kier molecular flexibility index (Phi) is 11.0. The highest BCUT2D eigenvalue weighted by atomic mass is 79.9. The molecule has 2 aromatic carbocycles. The van der Waals surface area contributed by atoms with Crippen LogP contribution in [0, 0.1) is 11.3 Å². The average Bonchev–Trinajstić information content (AvgIpc) is 2.88. The molecule has 1 aliphatic rings. The molecular weight excluding hydrogens is 860 g/mol. The summed E-state index contributed by atoms with van der Waals surface area (Å²) in [5.74, 6) is -2.42. The lowest BCUT2D eigenvalue weighted by Crippen LogP contribution is -2.48. The summed E-state index contributed by atoms with van der Waals surface area (Å²) in [6.45, 7) is 0. The van der Waals surface area contributed by atoms with Crippen LogP contribution < -0.4 is 10.6 Å². The van der Waals surface area contributed by atoms with Crippen LogP contribution in [0.25, 0.3) is 0 Å². The minimum Gasteiger partial charge on any atom is -0.478 e. The monoisotopic (exact) mass is 871 g/mol. The number of nitrogens with zero attached hydrogens (tertiary/aromatic N) is 1. The highest BCUT2D eigenvalue weighted by Crippen LogP contribution is 2.43. The number of esters is 1. The van der Waals surface area contributed by atoms with Crippen LogP contribution in [0.5, 0.6) is 0 Å². The number of thiocarbonyl (C=S) groups is 1. The summed E-state index contributed by atoms with van der Waals surface area (Å²) in [5, 5.41) is 23.4. The predicted molar refractivity (Wildman–Crippen MR) is 156 cm³/mol. The number of nitriles is 1. The first-order valence-corrected chi connectivity index (χ1v) is 15.1. The Morgan fingerprint density at radius 2 is 1.43 bits per heavy atom. The van der Waals surface area contributed by atoms with Crippen molar-refractivity contribution in [3.63, 3.8) is 0 Å². The molecule has 0 heterocycles. The van der Waals surface area contributed by atoms with Crippen molar-refractivity contribution in [3.05, 3.63) is 57.8 Å². The van der Waals surface area contributed by atoms with Crippen molar-refractivity contribution < 1.29 is 45.8 Å². The van der Waals surface area contributed by atoms with E-state index in [1.165, 1.54) is 0 Å². The van der Waals surface area contributed by atoms with Gasteiger partial charge in [-0.2, -0.15) is 31.6 Å². The number of benzene rings is 2. The van der Waals surface area contributed by atoms with Crippen LogP contribution in [0.2, 0.25) is 0 Å². The Labute approximate surface area is 272 Å². The number of aromatic carboxylic acids is 1. The normalized spacial score (nSPS) is 17.3. The first-order valence-electron chi connectivity index (χ1n) is 11.5. The van der Waals surface area contributed by atoms with E-state index in [1.807, 2.05) is 0 Å². The van der Waals surface area contributed by atoms with Crippen LogP contribution in [0.15, 0.2) is 30.0 Å². The first-order chi connectivity index (χ1) is 19.4. The van der Waals surface area contributed by atoms with Gasteiger partial charge in [0.05, 0.1) is 33.9 Å². The molecule has 3 rings (SSSR count). The van der Waals surface area contributed by atoms with Gasteiger partial charge in [0.25, 0.3) is 0 Å². The lowest BCUT2D eigenvalue weighted by atomic mass is 9.92. The third-order valence-corrected chi connectivity index (χ3v) is 11.1. The molecule has 0 amide bonds. The van der Waals surface area contributed by atoms with Gasteiger partial charge in [-0.15, -0.1) is 0 Å². The minimum atomic E-state index is -5.26. The third-order valence-electron chi connectivity index (χ3n) is 6.08. The molecule has 1 aliphatic carbocycles. The number of carboxylic acid groups (broad SMARTS) is 1. The zero-order valence-electron chi connectivity index (χ0n) is 20.4. The molecule has 7 nitrogen and oxygen atoms in total. The smallest absolute Gasteiger partial charge is 0.417 e. The molecule has 18 heteroatoms. The maximum Gasteiger partial charge on any atom is 0.417 e. The fraction of sp³-hybridized carbons (Fsp3) is 0.333. The number of hydrogen-bond acceptors (Lipinski definition) is 5. The number of rotatable bonds is 5. The van der Waals surface area contributed by atoms with Crippen molar-refractivity contribution in [2.75, 3.05) is 5.32 Å². The molecule has 0 aromatic heterocycles. The van der Waals surface area contributed by atoms with E-state index >= 15 is 0 Å². The van der Waals surface area contributed by atoms with Gasteiger partial charge >= 0.3 is 24.3 Å². The van der Waals surface area contributed by atoms with Crippen LogP contribution in [0.4, 0.5) is 32.0 Å². The lowest BCUT2D eigenvalue weighted by Gasteiger charge is -2.33. The van der Waals surface area contributed by atoms with E-state index in [0.717, 1.165) is 6.07 Å². The Bertz CT molecular complexity index is 1460. The summed E-state index contributed by atoms with van der Waals surface area (Å²) in [6.07, 6.45) is -9.52. The molecule has 2 aromatic rings. The SMILES string of the molecule is N#Cc1c(C(F)(F)F)cc(NC(=S)N[C@@H]2CCCC[C@H]2OC(=O)c2c(Br)c(Br)c(Br)c(Br)c2C(=O)O)cc1C(F)(F)F. The molecule has 0 unspecified atom stereocenters. The van der Waals surface area contributed by atoms with Crippen LogP contribution in [0.3, 0.4) is 0 Å². The fourth-order valence-electron chi connectivity index (χ4n) is 4.24. The van der Waals surface area contributed by atoms with Crippen molar-refractivity contribution in [2.24, 2.45) is 0 Å². The van der Waals surface area contributed by atoms with E-state index < -0.39 is 58.8 Å². The highest BCUT2D eigenvalue weighted by Gasteiger charge is 2.42. The number of ether oxygens (including phenoxy) is 1. The number of hydrogen-bond donors (Lipinski definition) is 3. The van der Waals surface area contributed by atoms with Gasteiger partial charge in [-0.05, 0) is 107 Å². The number of alkyl halides is 6. The first kappa shape index (κ1) is 34.5. The summed E-state index contributed by atoms with van der Waals surface area (Å²) in [5.41, 5.74) is -6.51. The Balaban J connectivity index is 1.88. The van der Waals surface area contributed by atoms with Gasteiger partial charge < -0.3 is 20.5 Å². The molecule has 1 fully saturated rings. The summed E-state index contributed by atoms with van der Waals surface area (Å²) >= 11 is 18.0. The highest BCUT2D eigenvalue weighted by molar-refractivity contribution is 9.15. The van der Waals surface area contributed by atoms with Crippen LogP contribution >= 0.6 is 75.9 Å². The van der Waals surface area contributed by atoms with E-state index in [4.69, 9.17) is 22.2 Å². The second-order valence-corrected chi connectivity index (χ2v) is 12.4. The second-order valence-electron chi connectivity index (χ2n) is 8.80. The van der Waals surface area contributed by atoms with Crippen LogP contribution in [-0.4, -0.2) is 34.3 Å². The molecule has 2 atom stereocenters. The van der Waals surface area contributed by atoms with Gasteiger partial charge in [0.2, 0.25) is 0 Å². The van der Waals surface area contributed by atoms with E-state index in [9.17, 15) is 41.0 Å². The maximum absolute atomic E-state index is 13.5. The van der Waals surface area contributed by atoms with Gasteiger partial charge in [0, 0.05) is 23.6 Å². The molecule has 0 radical (unpaired) electrons. The van der Waals surface area contributed by atoms with Gasteiger partial charge in [-0.3, -0.25) is 0 Å². The molecule has 0 spiro atoms. The summed E-state index contributed by atoms with van der Waals surface area (Å²) < 4.78 is 87.4. The summed E-state index contributed by atoms with van der Waals surface area (Å²) in [6, 6.07) is 0.933. The van der Waals surface area contributed by atoms with Crippen LogP contribution in [-0.2, 0) is 17.1 Å². The molecule has 0 bridgehead atoms. The standard InChI is InChI=1S/C24H15Br4F6N3O4S/c25-16-14(20(38)39)15(17(26)19(28)18(16)27)21(40)41-13-4-2-1-3-12(13)37-22(42)36-8-5-10(23(29,30)31)9(7-35)11(6-8)24(32,33)34/h5-6,12-13H,1-4H2,(H,38,39)(H2,36,37,42)/t12-,13-/m1/s1. The molecule has 0 saturated heterocycles. The van der Waals surface area contributed by atoms with E-state index in [0.29, 0.717) is 46.8 Å². The average molecular weight is 875 g/mol. The van der Waals surface area contributed by atoms with E-state index in [-0.39, 0.29) is 25.2 Å². The second kappa shape index (κ2) is 13.4. The lowest BCUT2D eigenvalue weighted by molar-refractivity contribution is -0.143. The largest absolute Gasteiger partial charge is 0.478 e. The number of halogens is 10. The zero-order valence-corrected chi connectivity index (χ0v) is 27.6. The molecule has 1 saturated carbocycles. The topological polar surface area (TPSA) is 111 Å². The predicted octanol–water partition coefficient (Wildman–Crippen LogP) is 8.80. The van der Waals surface area contributed by atoms with E-state index in [1.54, 1.807) is 0 Å². The van der Waals surface area contributed by atoms with Gasteiger partial charge in [-0.25, -0.2) is 9.59 Å². The van der Waals surface area contributed by atoms with Crippen molar-refractivity contribution in [2.45, 2.75) is 50.2 Å². The quantitative estimate of drug-likeness (QED) is 0.0900. The van der Waals surface area contributed by atoms with E-state index in [2.05, 4.69) is 74.4 Å². The maximum atomic E-state index is 13.5. The fourth-order valence-corrected chi connectivity index (χ4v) is 6.96. The molecule has 226 valence electrons. The Hall–Kier alpha value is -1.94. The van der Waals surface area contributed by atoms with Gasteiger partial charge in [0.1, 0.15) is 12.2 Å². The zero-order chi connectivity index (χ0) is 31.7. The van der Waals surface area contributed by atoms with Crippen molar-refractivity contribution in [3.8, 4) is 6.07 Å². The summed E-state index contributed by atoms with van der Waals surface area (Å²) in [7, 11) is 0. The minimum absolute atomic E-state index is 0.0691. The van der Waals surface area contributed by atoms with Crippen molar-refractivity contribution in [1.29, 1.82) is 5.26 Å². The van der Waals surface area contributed by atoms with Gasteiger partial charge in [-0.1, -0.05) is 6.42 Å². The molecule has 0 aliphatic heterocycles. The molecular formula is C24H15Br4F6N3O4S. The number of carboxylic acids is 1. The number of carbonyl (C=O) groups is 2. The molecule has 42 heavy (non-hydrogen) atoms. The van der Waals surface area contributed by atoms with Gasteiger partial charge in [0.15, 0.2) is 5.11 Å². The Morgan fingerprint density at radius 1 is 0.929 bits per heavy atom. The Morgan fingerprint density at radius 3 is 1.90 bits per heavy atom. The molecule has 3 N–H and O–H groups in total. The van der Waals surface area contributed by atoms with Crippen molar-refractivity contribution >= 4 is 98.7 Å². The number of carbonyl (C=O) groups excluding carboxylic acids is 1.